The number of carbonyl (C=O) groups excluding carboxylic acids is 1. The zero-order chi connectivity index (χ0) is 18.6. The van der Waals surface area contributed by atoms with Gasteiger partial charge in [0.2, 0.25) is 0 Å². The van der Waals surface area contributed by atoms with Crippen molar-refractivity contribution >= 4 is 23.8 Å². The fourth-order valence-corrected chi connectivity index (χ4v) is 2.96. The summed E-state index contributed by atoms with van der Waals surface area (Å²) in [6, 6.07) is 16.5. The van der Waals surface area contributed by atoms with Crippen molar-refractivity contribution in [3.05, 3.63) is 77.5 Å². The molecule has 0 bridgehead atoms. The Bertz CT molecular complexity index is 1030. The lowest BCUT2D eigenvalue weighted by Gasteiger charge is -2.19. The Morgan fingerprint density at radius 3 is 2.81 bits per heavy atom. The Morgan fingerprint density at radius 1 is 1.11 bits per heavy atom. The number of benzene rings is 2. The molecule has 4 rings (SSSR count). The van der Waals surface area contributed by atoms with Crippen molar-refractivity contribution in [2.45, 2.75) is 6.17 Å². The van der Waals surface area contributed by atoms with Gasteiger partial charge in [0.1, 0.15) is 18.3 Å². The molecule has 6 heteroatoms. The molecule has 0 spiro atoms. The van der Waals surface area contributed by atoms with E-state index in [9.17, 15) is 4.79 Å². The maximum absolute atomic E-state index is 12.3. The van der Waals surface area contributed by atoms with Gasteiger partial charge in [-0.05, 0) is 30.3 Å². The number of nitrogens with two attached hydrogens (primary N) is 1. The van der Waals surface area contributed by atoms with Crippen LogP contribution >= 0.6 is 0 Å². The van der Waals surface area contributed by atoms with Gasteiger partial charge >= 0.3 is 0 Å². The number of anilines is 1. The summed E-state index contributed by atoms with van der Waals surface area (Å²) in [7, 11) is 0. The van der Waals surface area contributed by atoms with Gasteiger partial charge in [-0.25, -0.2) is 9.98 Å². The van der Waals surface area contributed by atoms with Gasteiger partial charge < -0.3 is 16.4 Å². The van der Waals surface area contributed by atoms with Crippen LogP contribution in [0.25, 0.3) is 0 Å². The van der Waals surface area contributed by atoms with E-state index in [1.165, 1.54) is 6.34 Å². The van der Waals surface area contributed by atoms with Gasteiger partial charge in [0.05, 0.1) is 5.92 Å². The van der Waals surface area contributed by atoms with Gasteiger partial charge in [-0.3, -0.25) is 4.79 Å². The third-order valence-electron chi connectivity index (χ3n) is 4.32. The fraction of sp³-hybridized carbons (Fsp3) is 0.0952. The van der Waals surface area contributed by atoms with Gasteiger partial charge in [-0.1, -0.05) is 36.1 Å². The van der Waals surface area contributed by atoms with Gasteiger partial charge in [-0.15, -0.1) is 0 Å². The van der Waals surface area contributed by atoms with Crippen LogP contribution in [0.2, 0.25) is 0 Å². The Labute approximate surface area is 156 Å². The lowest BCUT2D eigenvalue weighted by Crippen LogP contribution is -2.38. The average molecular weight is 355 g/mol. The fourth-order valence-electron chi connectivity index (χ4n) is 2.96. The minimum absolute atomic E-state index is 0.136. The molecule has 2 heterocycles. The molecule has 0 fully saturated rings. The highest BCUT2D eigenvalue weighted by Gasteiger charge is 2.33. The number of rotatable bonds is 2. The summed E-state index contributed by atoms with van der Waals surface area (Å²) in [4.78, 5) is 20.6. The Morgan fingerprint density at radius 2 is 1.96 bits per heavy atom. The predicted octanol–water partition coefficient (Wildman–Crippen LogP) is 2.12. The predicted molar refractivity (Wildman–Crippen MR) is 106 cm³/mol. The molecule has 2 unspecified atom stereocenters. The number of hydrogen-bond donors (Lipinski definition) is 3. The number of carbonyl (C=O) groups is 1. The van der Waals surface area contributed by atoms with Crippen LogP contribution in [0.5, 0.6) is 0 Å². The van der Waals surface area contributed by atoms with Crippen LogP contribution in [-0.2, 0) is 0 Å². The maximum atomic E-state index is 12.3. The van der Waals surface area contributed by atoms with Crippen molar-refractivity contribution in [1.29, 1.82) is 0 Å². The Hall–Kier alpha value is -3.85. The van der Waals surface area contributed by atoms with Crippen molar-refractivity contribution in [1.82, 2.24) is 5.32 Å². The molecular formula is C21H17N5O. The van der Waals surface area contributed by atoms with Crippen molar-refractivity contribution in [3.63, 3.8) is 0 Å². The molecule has 2 atom stereocenters. The summed E-state index contributed by atoms with van der Waals surface area (Å²) in [5.41, 5.74) is 8.91. The molecule has 0 saturated heterocycles. The zero-order valence-electron chi connectivity index (χ0n) is 14.4. The quantitative estimate of drug-likeness (QED) is 0.721. The molecule has 0 saturated carbocycles. The lowest BCUT2D eigenvalue weighted by atomic mass is 9.98. The average Bonchev–Trinajstić information content (AvgIpc) is 3.12. The van der Waals surface area contributed by atoms with E-state index in [1.54, 1.807) is 12.1 Å². The smallest absolute Gasteiger partial charge is 0.255 e. The normalized spacial score (nSPS) is 19.7. The van der Waals surface area contributed by atoms with Crippen molar-refractivity contribution in [3.8, 4) is 11.8 Å². The van der Waals surface area contributed by atoms with E-state index in [2.05, 4.69) is 32.5 Å². The summed E-state index contributed by atoms with van der Waals surface area (Å²) in [5, 5.41) is 6.04. The first kappa shape index (κ1) is 16.6. The highest BCUT2D eigenvalue weighted by atomic mass is 16.1. The second-order valence-electron chi connectivity index (χ2n) is 6.16. The molecule has 0 aliphatic carbocycles. The molecule has 27 heavy (non-hydrogen) atoms. The van der Waals surface area contributed by atoms with Crippen LogP contribution in [-0.4, -0.2) is 24.2 Å². The van der Waals surface area contributed by atoms with Crippen molar-refractivity contribution in [2.75, 3.05) is 5.32 Å². The molecule has 132 valence electrons. The van der Waals surface area contributed by atoms with Crippen LogP contribution in [0, 0.1) is 17.8 Å². The van der Waals surface area contributed by atoms with E-state index in [0.29, 0.717) is 17.1 Å². The first-order valence-corrected chi connectivity index (χ1v) is 8.50. The largest absolute Gasteiger partial charge is 0.386 e. The van der Waals surface area contributed by atoms with Crippen LogP contribution in [0.15, 0.2) is 76.4 Å². The lowest BCUT2D eigenvalue weighted by molar-refractivity contribution is 0.102. The highest BCUT2D eigenvalue weighted by molar-refractivity contribution is 6.04. The number of amidine groups is 1. The van der Waals surface area contributed by atoms with Crippen molar-refractivity contribution in [2.24, 2.45) is 21.6 Å². The first-order chi connectivity index (χ1) is 13.2. The summed E-state index contributed by atoms with van der Waals surface area (Å²) >= 11 is 0. The molecule has 4 N–H and O–H groups in total. The second kappa shape index (κ2) is 7.18. The van der Waals surface area contributed by atoms with E-state index in [-0.39, 0.29) is 18.0 Å². The molecule has 0 aromatic heterocycles. The number of fused-ring (bicyclic) bond motifs is 1. The number of nitrogens with one attached hydrogen (secondary N) is 2. The van der Waals surface area contributed by atoms with Crippen molar-refractivity contribution < 1.29 is 4.79 Å². The van der Waals surface area contributed by atoms with Gasteiger partial charge in [0.15, 0.2) is 0 Å². The summed E-state index contributed by atoms with van der Waals surface area (Å²) in [6.45, 7) is 0. The minimum Gasteiger partial charge on any atom is -0.386 e. The van der Waals surface area contributed by atoms with E-state index in [0.717, 1.165) is 11.1 Å². The first-order valence-electron chi connectivity index (χ1n) is 8.50. The zero-order valence-corrected chi connectivity index (χ0v) is 14.4. The maximum Gasteiger partial charge on any atom is 0.255 e. The molecule has 2 aromatic carbocycles. The van der Waals surface area contributed by atoms with E-state index >= 15 is 0 Å². The third kappa shape index (κ3) is 3.58. The van der Waals surface area contributed by atoms with E-state index < -0.39 is 0 Å². The second-order valence-corrected chi connectivity index (χ2v) is 6.16. The molecule has 1 amide bonds. The monoisotopic (exact) mass is 355 g/mol. The summed E-state index contributed by atoms with van der Waals surface area (Å²) in [5.74, 6) is 6.47. The SMILES string of the molecule is NC1=NC=NC2NC=C(C#Cc3cccc(NC(=O)c4ccccc4)c3)C12. The third-order valence-corrected chi connectivity index (χ3v) is 4.32. The molecular weight excluding hydrogens is 338 g/mol. The van der Waals surface area contributed by atoms with Crippen LogP contribution in [0.4, 0.5) is 5.69 Å². The Kier molecular flexibility index (Phi) is 4.42. The summed E-state index contributed by atoms with van der Waals surface area (Å²) < 4.78 is 0. The molecule has 2 aliphatic heterocycles. The molecule has 2 aromatic rings. The topological polar surface area (TPSA) is 91.9 Å². The number of amides is 1. The van der Waals surface area contributed by atoms with Gasteiger partial charge in [0, 0.05) is 28.6 Å². The standard InChI is InChI=1S/C21H17N5O/c22-19-18-16(12-23-20(18)25-13-24-19)10-9-14-5-4-8-17(11-14)26-21(27)15-6-2-1-3-7-15/h1-8,11-13,18,20,23H,(H,26,27)(H2,22,24,25). The van der Waals surface area contributed by atoms with Crippen LogP contribution in [0.1, 0.15) is 15.9 Å². The van der Waals surface area contributed by atoms with Gasteiger partial charge in [-0.2, -0.15) is 0 Å². The number of aliphatic imine (C=N–C) groups is 2. The molecule has 2 aliphatic rings. The highest BCUT2D eigenvalue weighted by Crippen LogP contribution is 2.23. The number of hydrogen-bond acceptors (Lipinski definition) is 5. The van der Waals surface area contributed by atoms with Crippen LogP contribution < -0.4 is 16.4 Å². The summed E-state index contributed by atoms with van der Waals surface area (Å²) in [6.07, 6.45) is 3.16. The minimum atomic E-state index is -0.157. The number of nitrogens with zero attached hydrogens (tertiary/aromatic N) is 2. The van der Waals surface area contributed by atoms with Crippen LogP contribution in [0.3, 0.4) is 0 Å². The van der Waals surface area contributed by atoms with E-state index in [1.807, 2.05) is 48.7 Å². The van der Waals surface area contributed by atoms with Gasteiger partial charge in [0.25, 0.3) is 5.91 Å². The van der Waals surface area contributed by atoms with E-state index in [4.69, 9.17) is 5.73 Å². The molecule has 6 nitrogen and oxygen atoms in total. The Balaban J connectivity index is 1.50. The molecule has 0 radical (unpaired) electrons.